The van der Waals surface area contributed by atoms with Crippen molar-refractivity contribution in [2.45, 2.75) is 98.1 Å². The van der Waals surface area contributed by atoms with E-state index in [0.29, 0.717) is 17.2 Å². The van der Waals surface area contributed by atoms with E-state index in [2.05, 4.69) is 4.98 Å². The Hall–Kier alpha value is -2.46. The third-order valence-electron chi connectivity index (χ3n) is 7.18. The molecule has 0 bridgehead atoms. The molecule has 37 heavy (non-hydrogen) atoms. The molecule has 2 rings (SSSR count). The van der Waals surface area contributed by atoms with Gasteiger partial charge in [-0.05, 0) is 43.8 Å². The lowest BCUT2D eigenvalue weighted by atomic mass is 9.73. The van der Waals surface area contributed by atoms with Gasteiger partial charge in [-0.25, -0.2) is 4.98 Å². The van der Waals surface area contributed by atoms with Gasteiger partial charge in [0.05, 0.1) is 24.0 Å². The van der Waals surface area contributed by atoms with E-state index in [-0.39, 0.29) is 25.7 Å². The third-order valence-corrected chi connectivity index (χ3v) is 7.18. The van der Waals surface area contributed by atoms with Gasteiger partial charge in [0, 0.05) is 24.8 Å². The summed E-state index contributed by atoms with van der Waals surface area (Å²) >= 11 is 0. The van der Waals surface area contributed by atoms with Crippen LogP contribution in [0.5, 0.6) is 0 Å². The predicted molar refractivity (Wildman–Crippen MR) is 131 cm³/mol. The number of oxazole rings is 1. The van der Waals surface area contributed by atoms with Crippen molar-refractivity contribution in [3.05, 3.63) is 35.1 Å². The molecule has 2 heterocycles. The number of halogens is 3. The van der Waals surface area contributed by atoms with Crippen molar-refractivity contribution in [1.82, 2.24) is 4.98 Å². The van der Waals surface area contributed by atoms with Gasteiger partial charge >= 0.3 is 12.1 Å². The van der Waals surface area contributed by atoms with E-state index in [9.17, 15) is 33.0 Å². The van der Waals surface area contributed by atoms with Crippen LogP contribution in [0.25, 0.3) is 6.08 Å². The highest BCUT2D eigenvalue weighted by molar-refractivity contribution is 5.88. The number of cyclic esters (lactones) is 1. The summed E-state index contributed by atoms with van der Waals surface area (Å²) < 4.78 is 52.0. The van der Waals surface area contributed by atoms with Crippen molar-refractivity contribution in [2.24, 2.45) is 17.3 Å². The highest BCUT2D eigenvalue weighted by Gasteiger charge is 2.42. The molecule has 1 aliphatic heterocycles. The standard InChI is InChI=1S/C27H38F3NO6/c1-15-8-7-9-19(27(28,29)30)10-11-21(16(2)12-20-14-36-18(4)31-20)37-23(33)13-22(32)26(5,6)25(35)17(3)24(15)34/h10,12,14-15,17,21-22,24,32,34H,7-9,11,13H2,1-6H3/t15-,17+,21-,22-,24-/m0/s1. The van der Waals surface area contributed by atoms with Gasteiger partial charge in [-0.2, -0.15) is 13.2 Å². The van der Waals surface area contributed by atoms with E-state index < -0.39 is 65.5 Å². The topological polar surface area (TPSA) is 110 Å². The number of ketones is 1. The summed E-state index contributed by atoms with van der Waals surface area (Å²) in [6.45, 7) is 9.45. The number of Topliss-reactive ketones (excluding diaryl/α,β-unsaturated/α-hetero) is 1. The molecule has 208 valence electrons. The fourth-order valence-electron chi connectivity index (χ4n) is 4.51. The number of aliphatic hydroxyl groups is 2. The number of ether oxygens (including phenoxy) is 1. The molecule has 0 aromatic carbocycles. The summed E-state index contributed by atoms with van der Waals surface area (Å²) in [7, 11) is 0. The van der Waals surface area contributed by atoms with Gasteiger partial charge < -0.3 is 19.4 Å². The Morgan fingerprint density at radius 1 is 1.22 bits per heavy atom. The summed E-state index contributed by atoms with van der Waals surface area (Å²) in [5.41, 5.74) is -1.25. The van der Waals surface area contributed by atoms with Crippen molar-refractivity contribution in [1.29, 1.82) is 0 Å². The van der Waals surface area contributed by atoms with Crippen molar-refractivity contribution < 1.29 is 42.1 Å². The number of carbonyl (C=O) groups is 2. The van der Waals surface area contributed by atoms with Crippen LogP contribution in [0.2, 0.25) is 0 Å². The number of alkyl halides is 3. The average molecular weight is 530 g/mol. The second-order valence-electron chi connectivity index (χ2n) is 10.6. The molecule has 1 aromatic rings. The minimum atomic E-state index is -4.58. The van der Waals surface area contributed by atoms with Gasteiger partial charge in [0.15, 0.2) is 5.89 Å². The van der Waals surface area contributed by atoms with Gasteiger partial charge in [0.1, 0.15) is 23.8 Å². The van der Waals surface area contributed by atoms with Crippen LogP contribution in [0.3, 0.4) is 0 Å². The molecule has 0 unspecified atom stereocenters. The quantitative estimate of drug-likeness (QED) is 0.393. The Balaban J connectivity index is 2.45. The molecule has 0 spiro atoms. The van der Waals surface area contributed by atoms with Gasteiger partial charge in [0.2, 0.25) is 0 Å². The van der Waals surface area contributed by atoms with Crippen molar-refractivity contribution in [3.63, 3.8) is 0 Å². The number of aliphatic hydroxyl groups excluding tert-OH is 2. The third kappa shape index (κ3) is 8.26. The smallest absolute Gasteiger partial charge is 0.412 e. The first-order chi connectivity index (χ1) is 17.0. The monoisotopic (exact) mass is 529 g/mol. The van der Waals surface area contributed by atoms with Gasteiger partial charge in [-0.1, -0.05) is 33.8 Å². The number of allylic oxidation sites excluding steroid dienone is 1. The number of esters is 1. The fourth-order valence-corrected chi connectivity index (χ4v) is 4.51. The van der Waals surface area contributed by atoms with E-state index in [1.54, 1.807) is 26.8 Å². The molecule has 1 aliphatic rings. The molecule has 1 aromatic heterocycles. The minimum Gasteiger partial charge on any atom is -0.457 e. The van der Waals surface area contributed by atoms with Crippen LogP contribution in [-0.4, -0.2) is 51.4 Å². The second kappa shape index (κ2) is 12.4. The summed E-state index contributed by atoms with van der Waals surface area (Å²) in [6.07, 6.45) is -4.83. The zero-order chi connectivity index (χ0) is 28.1. The van der Waals surface area contributed by atoms with E-state index in [1.165, 1.54) is 27.0 Å². The number of aryl methyl sites for hydroxylation is 1. The minimum absolute atomic E-state index is 0.147. The van der Waals surface area contributed by atoms with E-state index in [4.69, 9.17) is 9.15 Å². The zero-order valence-electron chi connectivity index (χ0n) is 22.3. The molecule has 5 atom stereocenters. The number of aromatic nitrogens is 1. The summed E-state index contributed by atoms with van der Waals surface area (Å²) in [4.78, 5) is 30.1. The van der Waals surface area contributed by atoms with Crippen LogP contribution >= 0.6 is 0 Å². The Kier molecular flexibility index (Phi) is 10.3. The number of nitrogens with zero attached hydrogens (tertiary/aromatic N) is 1. The number of carbonyl (C=O) groups excluding carboxylic acids is 2. The molecule has 10 heteroatoms. The fraction of sp³-hybridized carbons (Fsp3) is 0.667. The summed E-state index contributed by atoms with van der Waals surface area (Å²) in [5.74, 6) is -2.23. The summed E-state index contributed by atoms with van der Waals surface area (Å²) in [6, 6.07) is 0. The van der Waals surface area contributed by atoms with Gasteiger partial charge in [-0.3, -0.25) is 9.59 Å². The highest BCUT2D eigenvalue weighted by Crippen LogP contribution is 2.35. The second-order valence-corrected chi connectivity index (χ2v) is 10.6. The molecule has 0 saturated heterocycles. The Bertz CT molecular complexity index is 1010. The zero-order valence-corrected chi connectivity index (χ0v) is 22.3. The molecular weight excluding hydrogens is 491 g/mol. The van der Waals surface area contributed by atoms with E-state index in [0.717, 1.165) is 6.08 Å². The number of hydrogen-bond acceptors (Lipinski definition) is 7. The predicted octanol–water partition coefficient (Wildman–Crippen LogP) is 5.34. The molecule has 0 radical (unpaired) electrons. The van der Waals surface area contributed by atoms with Crippen molar-refractivity contribution in [2.75, 3.05) is 0 Å². The normalized spacial score (nSPS) is 29.5. The van der Waals surface area contributed by atoms with Gasteiger partial charge in [0.25, 0.3) is 0 Å². The first-order valence-electron chi connectivity index (χ1n) is 12.5. The van der Waals surface area contributed by atoms with Crippen LogP contribution in [0.4, 0.5) is 13.2 Å². The Morgan fingerprint density at radius 2 is 1.86 bits per heavy atom. The highest BCUT2D eigenvalue weighted by atomic mass is 19.4. The Morgan fingerprint density at radius 3 is 2.43 bits per heavy atom. The molecule has 0 amide bonds. The SMILES string of the molecule is CC(=Cc1coc(C)n1)[C@@H]1CC=C(C(F)(F)F)CCC[C@H](C)[C@H](O)[C@@H](C)C(=O)C(C)(C)[C@@H](O)CC(=O)O1. The van der Waals surface area contributed by atoms with Crippen LogP contribution in [0.1, 0.15) is 78.3 Å². The lowest BCUT2D eigenvalue weighted by Crippen LogP contribution is -2.45. The maximum atomic E-state index is 13.8. The first kappa shape index (κ1) is 30.8. The molecule has 0 aliphatic carbocycles. The molecule has 7 nitrogen and oxygen atoms in total. The maximum Gasteiger partial charge on any atom is 0.412 e. The largest absolute Gasteiger partial charge is 0.457 e. The van der Waals surface area contributed by atoms with Crippen molar-refractivity contribution >= 4 is 17.8 Å². The first-order valence-corrected chi connectivity index (χ1v) is 12.5. The lowest BCUT2D eigenvalue weighted by Gasteiger charge is -2.34. The van der Waals surface area contributed by atoms with E-state index in [1.807, 2.05) is 0 Å². The summed E-state index contributed by atoms with van der Waals surface area (Å²) in [5, 5.41) is 21.5. The van der Waals surface area contributed by atoms with E-state index >= 15 is 0 Å². The van der Waals surface area contributed by atoms with Crippen LogP contribution in [-0.2, 0) is 14.3 Å². The van der Waals surface area contributed by atoms with Crippen LogP contribution in [0.15, 0.2) is 27.9 Å². The lowest BCUT2D eigenvalue weighted by molar-refractivity contribution is -0.154. The molecule has 2 N–H and O–H groups in total. The van der Waals surface area contributed by atoms with Crippen LogP contribution in [0, 0.1) is 24.2 Å². The maximum absolute atomic E-state index is 13.8. The van der Waals surface area contributed by atoms with Crippen LogP contribution < -0.4 is 0 Å². The number of rotatable bonds is 2. The molecule has 0 fully saturated rings. The average Bonchev–Trinajstić information content (AvgIpc) is 3.21. The molecule has 0 saturated carbocycles. The van der Waals surface area contributed by atoms with Gasteiger partial charge in [-0.15, -0.1) is 0 Å². The Labute approximate surface area is 215 Å². The van der Waals surface area contributed by atoms with Crippen molar-refractivity contribution in [3.8, 4) is 0 Å². The number of hydrogen-bond donors (Lipinski definition) is 2. The molecular formula is C27H38F3NO6.